The predicted octanol–water partition coefficient (Wildman–Crippen LogP) is -0.394. The first-order valence-corrected chi connectivity index (χ1v) is 9.18. The van der Waals surface area contributed by atoms with Crippen molar-refractivity contribution in [2.45, 2.75) is 12.5 Å². The summed E-state index contributed by atoms with van der Waals surface area (Å²) in [6, 6.07) is 0. The second kappa shape index (κ2) is 11.9. The van der Waals surface area contributed by atoms with Gasteiger partial charge in [-0.25, -0.2) is 0 Å². The van der Waals surface area contributed by atoms with Crippen LogP contribution in [0, 0.1) is 0 Å². The Labute approximate surface area is 174 Å². The highest BCUT2D eigenvalue weighted by Gasteiger charge is 2.22. The summed E-state index contributed by atoms with van der Waals surface area (Å²) in [6.45, 7) is 8.16. The molecule has 1 N–H and O–H groups in total. The molecule has 1 atom stereocenters. The fourth-order valence-electron chi connectivity index (χ4n) is 3.19. The number of halogens is 1. The van der Waals surface area contributed by atoms with Crippen molar-refractivity contribution in [1.82, 2.24) is 24.9 Å². The Morgan fingerprint density at radius 1 is 1.23 bits per heavy atom. The Hall–Kier alpha value is -0.650. The Morgan fingerprint density at radius 2 is 1.92 bits per heavy atom. The van der Waals surface area contributed by atoms with Crippen LogP contribution in [0.5, 0.6) is 0 Å². The van der Waals surface area contributed by atoms with Gasteiger partial charge in [-0.1, -0.05) is 0 Å². The molecular weight excluding hydrogens is 447 g/mol. The fourth-order valence-corrected chi connectivity index (χ4v) is 3.19. The number of piperazine rings is 1. The van der Waals surface area contributed by atoms with E-state index < -0.39 is 0 Å². The molecule has 26 heavy (non-hydrogen) atoms. The van der Waals surface area contributed by atoms with Crippen molar-refractivity contribution >= 4 is 35.8 Å². The number of amides is 1. The third-order valence-electron chi connectivity index (χ3n) is 4.85. The molecule has 0 radical (unpaired) electrons. The van der Waals surface area contributed by atoms with Crippen LogP contribution in [0.1, 0.15) is 6.42 Å². The summed E-state index contributed by atoms with van der Waals surface area (Å²) in [4.78, 5) is 24.7. The molecule has 8 nitrogen and oxygen atoms in total. The maximum Gasteiger partial charge on any atom is 0.223 e. The lowest BCUT2D eigenvalue weighted by atomic mass is 10.2. The molecule has 0 aliphatic carbocycles. The van der Waals surface area contributed by atoms with E-state index >= 15 is 0 Å². The number of nitrogens with one attached hydrogen (secondary N) is 1. The van der Waals surface area contributed by atoms with Gasteiger partial charge in [0.15, 0.2) is 5.96 Å². The molecule has 2 aliphatic rings. The number of rotatable bonds is 5. The fraction of sp³-hybridized carbons (Fsp3) is 0.882. The van der Waals surface area contributed by atoms with Gasteiger partial charge in [-0.05, 0) is 7.05 Å². The van der Waals surface area contributed by atoms with Crippen molar-refractivity contribution < 1.29 is 9.53 Å². The molecule has 2 saturated heterocycles. The van der Waals surface area contributed by atoms with Crippen molar-refractivity contribution in [2.24, 2.45) is 4.99 Å². The monoisotopic (exact) mass is 482 g/mol. The van der Waals surface area contributed by atoms with E-state index in [9.17, 15) is 4.79 Å². The minimum Gasteiger partial charge on any atom is -0.374 e. The summed E-state index contributed by atoms with van der Waals surface area (Å²) >= 11 is 0. The molecule has 9 heteroatoms. The second-order valence-corrected chi connectivity index (χ2v) is 7.05. The van der Waals surface area contributed by atoms with Gasteiger partial charge in [-0.3, -0.25) is 14.7 Å². The normalized spacial score (nSPS) is 22.7. The van der Waals surface area contributed by atoms with Gasteiger partial charge in [0.2, 0.25) is 5.91 Å². The number of guanidine groups is 1. The quantitative estimate of drug-likeness (QED) is 0.327. The van der Waals surface area contributed by atoms with Crippen LogP contribution in [0.2, 0.25) is 0 Å². The van der Waals surface area contributed by atoms with Crippen LogP contribution in [0.25, 0.3) is 0 Å². The van der Waals surface area contributed by atoms with E-state index in [4.69, 9.17) is 4.74 Å². The molecule has 2 rings (SSSR count). The Kier molecular flexibility index (Phi) is 10.7. The molecule has 0 saturated carbocycles. The molecule has 2 heterocycles. The largest absolute Gasteiger partial charge is 0.374 e. The van der Waals surface area contributed by atoms with Crippen LogP contribution in [-0.2, 0) is 9.53 Å². The number of hydrogen-bond acceptors (Lipinski definition) is 5. The van der Waals surface area contributed by atoms with Crippen LogP contribution in [0.15, 0.2) is 4.99 Å². The van der Waals surface area contributed by atoms with Crippen LogP contribution in [0.4, 0.5) is 0 Å². The third-order valence-corrected chi connectivity index (χ3v) is 4.85. The van der Waals surface area contributed by atoms with Crippen molar-refractivity contribution in [3.63, 3.8) is 0 Å². The number of nitrogens with zero attached hydrogens (tertiary/aromatic N) is 5. The topological polar surface area (TPSA) is 63.7 Å². The summed E-state index contributed by atoms with van der Waals surface area (Å²) in [5, 5.41) is 3.45. The zero-order valence-corrected chi connectivity index (χ0v) is 18.9. The first-order valence-electron chi connectivity index (χ1n) is 9.18. The number of aliphatic imine (C=N–C) groups is 1. The summed E-state index contributed by atoms with van der Waals surface area (Å²) in [5.41, 5.74) is 0. The van der Waals surface area contributed by atoms with Crippen LogP contribution < -0.4 is 5.32 Å². The van der Waals surface area contributed by atoms with Crippen molar-refractivity contribution in [2.75, 3.05) is 87.2 Å². The summed E-state index contributed by atoms with van der Waals surface area (Å²) in [5.74, 6) is 1.14. The first kappa shape index (κ1) is 23.4. The minimum atomic E-state index is 0. The number of carbonyl (C=O) groups is 1. The van der Waals surface area contributed by atoms with E-state index in [1.54, 1.807) is 4.90 Å². The number of likely N-dealkylation sites (N-methyl/N-ethyl adjacent to an activating group) is 1. The highest BCUT2D eigenvalue weighted by atomic mass is 127. The molecular formula is C17H35IN6O2. The summed E-state index contributed by atoms with van der Waals surface area (Å²) in [7, 11) is 7.58. The molecule has 0 aromatic rings. The molecule has 0 spiro atoms. The van der Waals surface area contributed by atoms with Crippen molar-refractivity contribution in [1.29, 1.82) is 0 Å². The Balaban J connectivity index is 0.00000338. The lowest BCUT2D eigenvalue weighted by molar-refractivity contribution is -0.129. The van der Waals surface area contributed by atoms with Crippen LogP contribution >= 0.6 is 24.0 Å². The summed E-state index contributed by atoms with van der Waals surface area (Å²) < 4.78 is 5.80. The second-order valence-electron chi connectivity index (χ2n) is 7.05. The third kappa shape index (κ3) is 7.53. The van der Waals surface area contributed by atoms with Gasteiger partial charge in [0.25, 0.3) is 0 Å². The average Bonchev–Trinajstić information content (AvgIpc) is 2.61. The lowest BCUT2D eigenvalue weighted by Crippen LogP contribution is -2.54. The first-order chi connectivity index (χ1) is 12.0. The average molecular weight is 482 g/mol. The van der Waals surface area contributed by atoms with Gasteiger partial charge in [-0.15, -0.1) is 24.0 Å². The van der Waals surface area contributed by atoms with Gasteiger partial charge in [0.05, 0.1) is 12.7 Å². The highest BCUT2D eigenvalue weighted by molar-refractivity contribution is 14.0. The molecule has 0 aromatic carbocycles. The zero-order chi connectivity index (χ0) is 18.2. The number of ether oxygens (including phenoxy) is 1. The predicted molar refractivity (Wildman–Crippen MR) is 115 cm³/mol. The van der Waals surface area contributed by atoms with Gasteiger partial charge in [-0.2, -0.15) is 0 Å². The molecule has 2 aliphatic heterocycles. The number of hydrogen-bond donors (Lipinski definition) is 1. The highest BCUT2D eigenvalue weighted by Crippen LogP contribution is 2.05. The smallest absolute Gasteiger partial charge is 0.223 e. The molecule has 152 valence electrons. The van der Waals surface area contributed by atoms with Gasteiger partial charge in [0, 0.05) is 79.9 Å². The van der Waals surface area contributed by atoms with E-state index in [1.807, 2.05) is 21.1 Å². The SMILES string of the molecule is CN=C(NCC1CN(C)CCO1)N1CCN(CCC(=O)N(C)C)CC1.I. The maximum absolute atomic E-state index is 11.7. The minimum absolute atomic E-state index is 0. The van der Waals surface area contributed by atoms with Gasteiger partial charge >= 0.3 is 0 Å². The lowest BCUT2D eigenvalue weighted by Gasteiger charge is -2.37. The van der Waals surface area contributed by atoms with E-state index in [2.05, 4.69) is 32.1 Å². The van der Waals surface area contributed by atoms with Crippen molar-refractivity contribution in [3.05, 3.63) is 0 Å². The Morgan fingerprint density at radius 3 is 2.50 bits per heavy atom. The van der Waals surface area contributed by atoms with Gasteiger partial charge < -0.3 is 24.8 Å². The van der Waals surface area contributed by atoms with Crippen LogP contribution in [0.3, 0.4) is 0 Å². The standard InChI is InChI=1S/C17H34N6O2.HI/c1-18-17(19-13-15-14-21(4)11-12-25-15)23-9-7-22(8-10-23)6-5-16(24)20(2)3;/h15H,5-14H2,1-4H3,(H,18,19);1H. The van der Waals surface area contributed by atoms with Crippen molar-refractivity contribution in [3.8, 4) is 0 Å². The summed E-state index contributed by atoms with van der Waals surface area (Å²) in [6.07, 6.45) is 0.806. The maximum atomic E-state index is 11.7. The molecule has 0 aromatic heterocycles. The van der Waals surface area contributed by atoms with E-state index in [1.165, 1.54) is 0 Å². The molecule has 0 bridgehead atoms. The molecule has 2 fully saturated rings. The zero-order valence-electron chi connectivity index (χ0n) is 16.6. The van der Waals surface area contributed by atoms with E-state index in [0.29, 0.717) is 6.42 Å². The molecule has 1 unspecified atom stereocenters. The van der Waals surface area contributed by atoms with E-state index in [-0.39, 0.29) is 36.0 Å². The van der Waals surface area contributed by atoms with Crippen LogP contribution in [-0.4, -0.2) is 125 Å². The Bertz CT molecular complexity index is 455. The number of morpholine rings is 1. The molecule has 1 amide bonds. The van der Waals surface area contributed by atoms with E-state index in [0.717, 1.165) is 64.9 Å². The van der Waals surface area contributed by atoms with Gasteiger partial charge in [0.1, 0.15) is 0 Å². The number of carbonyl (C=O) groups excluding carboxylic acids is 1.